The van der Waals surface area contributed by atoms with Crippen molar-refractivity contribution in [1.29, 1.82) is 0 Å². The number of nitrogens with two attached hydrogens (primary N) is 4. The standard InChI is InChI=1S/C28H47N11O11S/c1-13(29)22(44)38-16(10-21(42)43)26(48)39-9-3-5-18(39)25(47)36-14(6-7-19(30)40)23(45)34-11-20(41)35-17(12-51)24(46)37-15(27(49)50)4-2-8-33-28(31)32/h13-18,51H,2-12,29H2,1H3,(H2,30,40)(H,34,45)(H,35,41)(H,36,47)(H,37,46)(H,38,44)(H,42,43)(H,49,50)(H4,31,32,33)/t13-,14-,15-,16-,17-,18-/m0/s1. The van der Waals surface area contributed by atoms with E-state index >= 15 is 0 Å². The van der Waals surface area contributed by atoms with Gasteiger partial charge in [0.15, 0.2) is 5.96 Å². The van der Waals surface area contributed by atoms with Gasteiger partial charge < -0.3 is 64.6 Å². The van der Waals surface area contributed by atoms with Crippen molar-refractivity contribution in [2.45, 2.75) is 88.1 Å². The van der Waals surface area contributed by atoms with Gasteiger partial charge in [-0.3, -0.25) is 43.3 Å². The fraction of sp³-hybridized carbons (Fsp3) is 0.643. The highest BCUT2D eigenvalue weighted by atomic mass is 32.1. The summed E-state index contributed by atoms with van der Waals surface area (Å²) >= 11 is 4.03. The second kappa shape index (κ2) is 21.8. The van der Waals surface area contributed by atoms with Crippen molar-refractivity contribution in [2.24, 2.45) is 27.9 Å². The van der Waals surface area contributed by atoms with Gasteiger partial charge in [0.25, 0.3) is 0 Å². The number of aliphatic carboxylic acids is 2. The monoisotopic (exact) mass is 745 g/mol. The van der Waals surface area contributed by atoms with Crippen molar-refractivity contribution in [2.75, 3.05) is 25.4 Å². The molecular formula is C28H47N11O11S. The Labute approximate surface area is 298 Å². The van der Waals surface area contributed by atoms with Crippen molar-refractivity contribution in [3.05, 3.63) is 0 Å². The minimum atomic E-state index is -1.53. The Morgan fingerprint density at radius 3 is 2.06 bits per heavy atom. The zero-order valence-electron chi connectivity index (χ0n) is 28.0. The number of likely N-dealkylation sites (tertiary alicyclic amines) is 1. The third kappa shape index (κ3) is 15.9. The summed E-state index contributed by atoms with van der Waals surface area (Å²) in [5.74, 6) is -9.14. The fourth-order valence-electron chi connectivity index (χ4n) is 4.77. The second-order valence-corrected chi connectivity index (χ2v) is 11.9. The molecule has 22 nitrogen and oxygen atoms in total. The molecule has 0 aromatic rings. The Hall–Kier alpha value is -5.19. The molecule has 7 amide bonds. The first kappa shape index (κ1) is 43.8. The summed E-state index contributed by atoms with van der Waals surface area (Å²) in [5, 5.41) is 30.3. The van der Waals surface area contributed by atoms with E-state index in [2.05, 4.69) is 44.2 Å². The molecule has 0 radical (unpaired) electrons. The first-order valence-electron chi connectivity index (χ1n) is 15.8. The maximum atomic E-state index is 13.3. The van der Waals surface area contributed by atoms with Crippen molar-refractivity contribution in [3.8, 4) is 0 Å². The van der Waals surface area contributed by atoms with E-state index in [1.54, 1.807) is 0 Å². The molecule has 1 aliphatic rings. The van der Waals surface area contributed by atoms with Gasteiger partial charge in [-0.2, -0.15) is 12.6 Å². The molecule has 0 bridgehead atoms. The van der Waals surface area contributed by atoms with Crippen LogP contribution in [0.15, 0.2) is 4.99 Å². The molecule has 0 unspecified atom stereocenters. The molecule has 15 N–H and O–H groups in total. The number of carboxylic acids is 2. The van der Waals surface area contributed by atoms with Crippen LogP contribution in [-0.2, 0) is 43.2 Å². The largest absolute Gasteiger partial charge is 0.481 e. The molecule has 0 aliphatic carbocycles. The highest BCUT2D eigenvalue weighted by molar-refractivity contribution is 7.80. The number of hydrogen-bond acceptors (Lipinski definition) is 12. The number of carbonyl (C=O) groups excluding carboxylic acids is 7. The molecule has 1 rings (SSSR count). The summed E-state index contributed by atoms with van der Waals surface area (Å²) in [6.45, 7) is 0.766. The number of amides is 7. The van der Waals surface area contributed by atoms with Crippen LogP contribution in [0.4, 0.5) is 0 Å². The van der Waals surface area contributed by atoms with Gasteiger partial charge in [-0.1, -0.05) is 0 Å². The van der Waals surface area contributed by atoms with Gasteiger partial charge in [0.05, 0.1) is 19.0 Å². The topological polar surface area (TPSA) is 374 Å². The minimum absolute atomic E-state index is 0.0284. The van der Waals surface area contributed by atoms with E-state index in [1.807, 2.05) is 0 Å². The molecule has 1 aliphatic heterocycles. The number of nitrogens with zero attached hydrogens (tertiary/aromatic N) is 2. The first-order chi connectivity index (χ1) is 23.9. The number of aliphatic imine (C=N–C) groups is 1. The zero-order valence-corrected chi connectivity index (χ0v) is 28.9. The summed E-state index contributed by atoms with van der Waals surface area (Å²) < 4.78 is 0. The average molecular weight is 746 g/mol. The zero-order chi connectivity index (χ0) is 38.8. The lowest BCUT2D eigenvalue weighted by Crippen LogP contribution is -2.58. The summed E-state index contributed by atoms with van der Waals surface area (Å²) in [7, 11) is 0. The van der Waals surface area contributed by atoms with E-state index < -0.39 is 103 Å². The number of carbonyl (C=O) groups is 9. The van der Waals surface area contributed by atoms with Crippen molar-refractivity contribution in [1.82, 2.24) is 31.5 Å². The number of primary amides is 1. The summed E-state index contributed by atoms with van der Waals surface area (Å²) in [4.78, 5) is 116. The van der Waals surface area contributed by atoms with Crippen LogP contribution in [0.2, 0.25) is 0 Å². The highest BCUT2D eigenvalue weighted by Gasteiger charge is 2.39. The molecule has 1 saturated heterocycles. The van der Waals surface area contributed by atoms with Crippen molar-refractivity contribution < 1.29 is 53.4 Å². The van der Waals surface area contributed by atoms with Crippen molar-refractivity contribution >= 4 is 71.9 Å². The molecule has 1 heterocycles. The normalized spacial score (nSPS) is 16.6. The van der Waals surface area contributed by atoms with E-state index in [9.17, 15) is 53.4 Å². The number of carboxylic acid groups (broad SMARTS) is 2. The van der Waals surface area contributed by atoms with Crippen LogP contribution in [-0.4, -0.2) is 136 Å². The van der Waals surface area contributed by atoms with E-state index in [-0.39, 0.29) is 56.9 Å². The van der Waals surface area contributed by atoms with Crippen LogP contribution in [0, 0.1) is 0 Å². The van der Waals surface area contributed by atoms with Gasteiger partial charge in [0, 0.05) is 25.3 Å². The Morgan fingerprint density at radius 1 is 0.863 bits per heavy atom. The number of hydrogen-bond donors (Lipinski definition) is 12. The summed E-state index contributed by atoms with van der Waals surface area (Å²) in [6.07, 6.45) is -0.808. The fourth-order valence-corrected chi connectivity index (χ4v) is 5.02. The van der Waals surface area contributed by atoms with Gasteiger partial charge >= 0.3 is 11.9 Å². The Bertz CT molecular complexity index is 1340. The predicted octanol–water partition coefficient (Wildman–Crippen LogP) is -5.81. The van der Waals surface area contributed by atoms with E-state index in [4.69, 9.17) is 22.9 Å². The molecule has 0 saturated carbocycles. The van der Waals surface area contributed by atoms with E-state index in [0.29, 0.717) is 6.42 Å². The number of thiol groups is 1. The van der Waals surface area contributed by atoms with Gasteiger partial charge in [0.1, 0.15) is 30.2 Å². The number of rotatable bonds is 22. The number of guanidine groups is 1. The molecule has 6 atom stereocenters. The molecule has 0 spiro atoms. The number of nitrogens with one attached hydrogen (secondary N) is 5. The van der Waals surface area contributed by atoms with Gasteiger partial charge in [-0.05, 0) is 39.0 Å². The highest BCUT2D eigenvalue weighted by Crippen LogP contribution is 2.20. The smallest absolute Gasteiger partial charge is 0.326 e. The average Bonchev–Trinajstić information content (AvgIpc) is 3.54. The van der Waals surface area contributed by atoms with Crippen LogP contribution in [0.3, 0.4) is 0 Å². The lowest BCUT2D eigenvalue weighted by molar-refractivity contribution is -0.146. The molecule has 0 aromatic heterocycles. The second-order valence-electron chi connectivity index (χ2n) is 11.6. The third-order valence-electron chi connectivity index (χ3n) is 7.38. The Balaban J connectivity index is 2.93. The Morgan fingerprint density at radius 2 is 1.51 bits per heavy atom. The minimum Gasteiger partial charge on any atom is -0.481 e. The van der Waals surface area contributed by atoms with Crippen LogP contribution >= 0.6 is 12.6 Å². The molecular weight excluding hydrogens is 698 g/mol. The van der Waals surface area contributed by atoms with E-state index in [0.717, 1.165) is 4.90 Å². The molecule has 23 heteroatoms. The van der Waals surface area contributed by atoms with Crippen LogP contribution < -0.4 is 49.5 Å². The predicted molar refractivity (Wildman–Crippen MR) is 181 cm³/mol. The van der Waals surface area contributed by atoms with Gasteiger partial charge in [-0.25, -0.2) is 4.79 Å². The maximum Gasteiger partial charge on any atom is 0.326 e. The molecule has 51 heavy (non-hydrogen) atoms. The lowest BCUT2D eigenvalue weighted by Gasteiger charge is -2.29. The van der Waals surface area contributed by atoms with Crippen LogP contribution in [0.1, 0.15) is 51.9 Å². The summed E-state index contributed by atoms with van der Waals surface area (Å²) in [5.41, 5.74) is 21.2. The van der Waals surface area contributed by atoms with Crippen molar-refractivity contribution in [3.63, 3.8) is 0 Å². The third-order valence-corrected chi connectivity index (χ3v) is 7.74. The first-order valence-corrected chi connectivity index (χ1v) is 16.4. The van der Waals surface area contributed by atoms with Crippen LogP contribution in [0.5, 0.6) is 0 Å². The van der Waals surface area contributed by atoms with E-state index in [1.165, 1.54) is 6.92 Å². The van der Waals surface area contributed by atoms with Gasteiger partial charge in [0.2, 0.25) is 41.4 Å². The molecule has 0 aromatic carbocycles. The SMILES string of the molecule is C[C@H](N)C(=O)N[C@@H](CC(=O)O)C(=O)N1CCC[C@H]1C(=O)N[C@@H](CCC(N)=O)C(=O)NCC(=O)N[C@@H](CS)C(=O)N[C@@H](CCCN=C(N)N)C(=O)O. The van der Waals surface area contributed by atoms with Crippen LogP contribution in [0.25, 0.3) is 0 Å². The Kier molecular flexibility index (Phi) is 18.7. The summed E-state index contributed by atoms with van der Waals surface area (Å²) in [6, 6.07) is -7.83. The quantitative estimate of drug-likeness (QED) is 0.0213. The molecule has 1 fully saturated rings. The van der Waals surface area contributed by atoms with Gasteiger partial charge in [-0.15, -0.1) is 0 Å². The lowest BCUT2D eigenvalue weighted by atomic mass is 10.1. The molecule has 286 valence electrons. The maximum absolute atomic E-state index is 13.3.